The average Bonchev–Trinajstić information content (AvgIpc) is 2.83. The topological polar surface area (TPSA) is 86.7 Å². The Labute approximate surface area is 213 Å². The molecule has 0 atom stereocenters. The third kappa shape index (κ3) is 4.95. The molecular formula is C29H34O6S. The third-order valence-electron chi connectivity index (χ3n) is 8.26. The molecule has 4 aliphatic carbocycles. The maximum Gasteiger partial charge on any atom is 0.343 e. The highest BCUT2D eigenvalue weighted by molar-refractivity contribution is 7.90. The Morgan fingerprint density at radius 1 is 0.889 bits per heavy atom. The summed E-state index contributed by atoms with van der Waals surface area (Å²) in [4.78, 5) is 25.5. The maximum atomic E-state index is 13.1. The summed E-state index contributed by atoms with van der Waals surface area (Å²) in [6.45, 7) is 2.40. The number of unbranched alkanes of at least 4 members (excludes halogenated alkanes) is 1. The minimum atomic E-state index is -3.45. The van der Waals surface area contributed by atoms with Crippen molar-refractivity contribution in [1.29, 1.82) is 0 Å². The van der Waals surface area contributed by atoms with Crippen LogP contribution in [0.25, 0.3) is 0 Å². The number of sulfone groups is 1. The molecule has 0 unspecified atom stereocenters. The Morgan fingerprint density at radius 2 is 1.47 bits per heavy atom. The summed E-state index contributed by atoms with van der Waals surface area (Å²) in [5.74, 6) is 1.30. The molecule has 2 aromatic rings. The molecule has 0 spiro atoms. The zero-order valence-corrected chi connectivity index (χ0v) is 21.8. The molecule has 0 aromatic heterocycles. The van der Waals surface area contributed by atoms with Gasteiger partial charge in [-0.1, -0.05) is 13.3 Å². The number of carbonyl (C=O) groups excluding carboxylic acids is 2. The average molecular weight is 511 g/mol. The number of carbonyl (C=O) groups is 2. The molecule has 36 heavy (non-hydrogen) atoms. The van der Waals surface area contributed by atoms with Crippen LogP contribution in [0.4, 0.5) is 0 Å². The van der Waals surface area contributed by atoms with E-state index >= 15 is 0 Å². The van der Waals surface area contributed by atoms with E-state index in [2.05, 4.69) is 0 Å². The van der Waals surface area contributed by atoms with Crippen molar-refractivity contribution < 1.29 is 27.5 Å². The number of hydrogen-bond acceptors (Lipinski definition) is 6. The zero-order valence-electron chi connectivity index (χ0n) is 21.0. The first-order valence-corrected chi connectivity index (χ1v) is 14.9. The van der Waals surface area contributed by atoms with E-state index in [4.69, 9.17) is 9.47 Å². The lowest BCUT2D eigenvalue weighted by Crippen LogP contribution is -2.49. The van der Waals surface area contributed by atoms with E-state index < -0.39 is 21.8 Å². The SMILES string of the molecule is CCCCOC(=O)c1ccc(OC(=O)c2ccc(S(C)(=O)=O)c(C34CC5CC(CC(C5)C3)C4)c2)cc1. The second-order valence-electron chi connectivity index (χ2n) is 11.1. The molecule has 6 nitrogen and oxygen atoms in total. The van der Waals surface area contributed by atoms with Gasteiger partial charge in [0.25, 0.3) is 0 Å². The lowest BCUT2D eigenvalue weighted by Gasteiger charge is -2.57. The minimum absolute atomic E-state index is 0.177. The predicted molar refractivity (Wildman–Crippen MR) is 136 cm³/mol. The van der Waals surface area contributed by atoms with E-state index in [1.165, 1.54) is 25.5 Å². The van der Waals surface area contributed by atoms with E-state index in [-0.39, 0.29) is 5.41 Å². The Balaban J connectivity index is 1.38. The first-order valence-electron chi connectivity index (χ1n) is 13.0. The lowest BCUT2D eigenvalue weighted by atomic mass is 9.48. The number of hydrogen-bond donors (Lipinski definition) is 0. The van der Waals surface area contributed by atoms with Crippen LogP contribution in [0.3, 0.4) is 0 Å². The smallest absolute Gasteiger partial charge is 0.343 e. The van der Waals surface area contributed by atoms with Crippen LogP contribution in [0.5, 0.6) is 5.75 Å². The highest BCUT2D eigenvalue weighted by Gasteiger charge is 2.52. The normalized spacial score (nSPS) is 26.6. The van der Waals surface area contributed by atoms with Crippen molar-refractivity contribution >= 4 is 21.8 Å². The van der Waals surface area contributed by atoms with Gasteiger partial charge in [0.15, 0.2) is 9.84 Å². The molecular weight excluding hydrogens is 476 g/mol. The molecule has 0 saturated heterocycles. The van der Waals surface area contributed by atoms with Crippen LogP contribution in [0.1, 0.15) is 84.6 Å². The quantitative estimate of drug-likeness (QED) is 0.256. The van der Waals surface area contributed by atoms with Crippen LogP contribution >= 0.6 is 0 Å². The van der Waals surface area contributed by atoms with E-state index in [1.807, 2.05) is 6.92 Å². The predicted octanol–water partition coefficient (Wildman–Crippen LogP) is 5.73. The molecule has 6 rings (SSSR count). The Bertz CT molecular complexity index is 1230. The van der Waals surface area contributed by atoms with Gasteiger partial charge in [0.1, 0.15) is 5.75 Å². The van der Waals surface area contributed by atoms with Gasteiger partial charge in [0.05, 0.1) is 22.6 Å². The summed E-state index contributed by atoms with van der Waals surface area (Å²) in [6.07, 6.45) is 9.73. The van der Waals surface area contributed by atoms with E-state index in [9.17, 15) is 18.0 Å². The number of esters is 2. The van der Waals surface area contributed by atoms with Gasteiger partial charge in [-0.2, -0.15) is 0 Å². The molecule has 4 fully saturated rings. The van der Waals surface area contributed by atoms with Gasteiger partial charge < -0.3 is 9.47 Å². The van der Waals surface area contributed by atoms with E-state index in [0.717, 1.165) is 37.7 Å². The second-order valence-corrected chi connectivity index (χ2v) is 13.1. The fraction of sp³-hybridized carbons (Fsp3) is 0.517. The van der Waals surface area contributed by atoms with Crippen LogP contribution in [0.15, 0.2) is 47.4 Å². The molecule has 0 aliphatic heterocycles. The van der Waals surface area contributed by atoms with Crippen LogP contribution in [-0.4, -0.2) is 33.2 Å². The van der Waals surface area contributed by atoms with Crippen LogP contribution in [0, 0.1) is 17.8 Å². The number of rotatable bonds is 8. The molecule has 192 valence electrons. The highest BCUT2D eigenvalue weighted by atomic mass is 32.2. The van der Waals surface area contributed by atoms with Crippen molar-refractivity contribution in [3.63, 3.8) is 0 Å². The Morgan fingerprint density at radius 3 is 2.03 bits per heavy atom. The second kappa shape index (κ2) is 9.66. The summed E-state index contributed by atoms with van der Waals surface area (Å²) < 4.78 is 36.3. The van der Waals surface area contributed by atoms with Gasteiger partial charge in [-0.25, -0.2) is 18.0 Å². The van der Waals surface area contributed by atoms with Gasteiger partial charge in [-0.15, -0.1) is 0 Å². The number of ether oxygens (including phenoxy) is 2. The maximum absolute atomic E-state index is 13.1. The lowest BCUT2D eigenvalue weighted by molar-refractivity contribution is -0.00650. The first kappa shape index (κ1) is 25.0. The van der Waals surface area contributed by atoms with Crippen molar-refractivity contribution in [1.82, 2.24) is 0 Å². The van der Waals surface area contributed by atoms with Gasteiger partial charge in [-0.3, -0.25) is 0 Å². The summed E-state index contributed by atoms with van der Waals surface area (Å²) in [6, 6.07) is 11.2. The van der Waals surface area contributed by atoms with Crippen LogP contribution < -0.4 is 4.74 Å². The molecule has 2 aromatic carbocycles. The molecule has 7 heteroatoms. The van der Waals surface area contributed by atoms with Crippen LogP contribution in [-0.2, 0) is 20.0 Å². The molecule has 0 radical (unpaired) electrons. The van der Waals surface area contributed by atoms with Gasteiger partial charge in [0, 0.05) is 6.26 Å². The number of benzene rings is 2. The van der Waals surface area contributed by atoms with Crippen molar-refractivity contribution in [2.24, 2.45) is 17.8 Å². The van der Waals surface area contributed by atoms with E-state index in [0.29, 0.717) is 46.1 Å². The standard InChI is InChI=1S/C29H34O6S/c1-3-4-11-34-27(30)22-5-8-24(9-6-22)35-28(31)23-7-10-26(36(2,32)33)25(15-23)29-16-19-12-20(17-29)14-21(13-19)18-29/h5-10,15,19-21H,3-4,11-14,16-18H2,1-2H3. The fourth-order valence-electron chi connectivity index (χ4n) is 7.05. The molecule has 4 bridgehead atoms. The monoisotopic (exact) mass is 510 g/mol. The van der Waals surface area contributed by atoms with Crippen molar-refractivity contribution in [2.45, 2.75) is 68.6 Å². The fourth-order valence-corrected chi connectivity index (χ4v) is 8.04. The summed E-state index contributed by atoms with van der Waals surface area (Å²) in [5, 5.41) is 0. The van der Waals surface area contributed by atoms with Crippen molar-refractivity contribution in [2.75, 3.05) is 12.9 Å². The zero-order chi connectivity index (χ0) is 25.5. The van der Waals surface area contributed by atoms with Crippen LogP contribution in [0.2, 0.25) is 0 Å². The Kier molecular flexibility index (Phi) is 6.70. The Hall–Kier alpha value is -2.67. The van der Waals surface area contributed by atoms with Gasteiger partial charge >= 0.3 is 11.9 Å². The summed E-state index contributed by atoms with van der Waals surface area (Å²) in [7, 11) is -3.45. The summed E-state index contributed by atoms with van der Waals surface area (Å²) in [5.41, 5.74) is 1.36. The first-order chi connectivity index (χ1) is 17.2. The van der Waals surface area contributed by atoms with E-state index in [1.54, 1.807) is 42.5 Å². The van der Waals surface area contributed by atoms with Crippen molar-refractivity contribution in [3.05, 3.63) is 59.2 Å². The van der Waals surface area contributed by atoms with Gasteiger partial charge in [-0.05, 0) is 116 Å². The summed E-state index contributed by atoms with van der Waals surface area (Å²) >= 11 is 0. The molecule has 4 aliphatic rings. The molecule has 0 heterocycles. The van der Waals surface area contributed by atoms with Crippen molar-refractivity contribution in [3.8, 4) is 5.75 Å². The minimum Gasteiger partial charge on any atom is -0.462 e. The molecule has 0 N–H and O–H groups in total. The molecule has 0 amide bonds. The third-order valence-corrected chi connectivity index (χ3v) is 9.41. The molecule has 4 saturated carbocycles. The highest BCUT2D eigenvalue weighted by Crippen LogP contribution is 2.61. The largest absolute Gasteiger partial charge is 0.462 e. The van der Waals surface area contributed by atoms with Gasteiger partial charge in [0.2, 0.25) is 0 Å².